The molecule has 0 N–H and O–H groups in total. The summed E-state index contributed by atoms with van der Waals surface area (Å²) < 4.78 is 10.0. The molecule has 5 heteroatoms. The molecule has 0 bridgehead atoms. The summed E-state index contributed by atoms with van der Waals surface area (Å²) in [6.45, 7) is 1.57. The molecule has 1 aliphatic rings. The third-order valence-electron chi connectivity index (χ3n) is 2.32. The number of ketones is 2. The van der Waals surface area contributed by atoms with E-state index in [2.05, 4.69) is 15.9 Å². The monoisotopic (exact) mass is 262 g/mol. The Bertz CT molecular complexity index is 310. The molecule has 0 heterocycles. The van der Waals surface area contributed by atoms with Crippen LogP contribution in [-0.2, 0) is 19.1 Å². The lowest BCUT2D eigenvalue weighted by atomic mass is 9.88. The molecule has 0 aliphatic heterocycles. The smallest absolute Gasteiger partial charge is 0.193 e. The van der Waals surface area contributed by atoms with Crippen LogP contribution in [0.15, 0.2) is 11.8 Å². The Morgan fingerprint density at radius 2 is 2.00 bits per heavy atom. The SMILES string of the molecule is COC1=CC(=O)C(Br)C(=O)[C@@]1(C)OC. The van der Waals surface area contributed by atoms with Crippen molar-refractivity contribution in [1.29, 1.82) is 0 Å². The van der Waals surface area contributed by atoms with E-state index in [-0.39, 0.29) is 17.3 Å². The first-order valence-electron chi connectivity index (χ1n) is 4.01. The molecule has 1 rings (SSSR count). The van der Waals surface area contributed by atoms with Gasteiger partial charge in [0, 0.05) is 13.2 Å². The highest BCUT2D eigenvalue weighted by Gasteiger charge is 2.47. The second-order valence-corrected chi connectivity index (χ2v) is 3.99. The van der Waals surface area contributed by atoms with Crippen LogP contribution in [0.4, 0.5) is 0 Å². The van der Waals surface area contributed by atoms with Crippen LogP contribution in [0.25, 0.3) is 0 Å². The molecule has 0 saturated carbocycles. The number of carbonyl (C=O) groups is 2. The van der Waals surface area contributed by atoms with Crippen molar-refractivity contribution in [3.05, 3.63) is 11.8 Å². The molecule has 1 aliphatic carbocycles. The van der Waals surface area contributed by atoms with Gasteiger partial charge in [0.2, 0.25) is 0 Å². The Morgan fingerprint density at radius 1 is 1.43 bits per heavy atom. The molecule has 0 saturated heterocycles. The highest BCUT2D eigenvalue weighted by atomic mass is 79.9. The third-order valence-corrected chi connectivity index (χ3v) is 3.19. The predicted octanol–water partition coefficient (Wildman–Crippen LogP) is 0.837. The predicted molar refractivity (Wildman–Crippen MR) is 53.2 cm³/mol. The molecule has 0 amide bonds. The normalized spacial score (nSPS) is 32.9. The van der Waals surface area contributed by atoms with E-state index in [1.807, 2.05) is 0 Å². The fourth-order valence-electron chi connectivity index (χ4n) is 1.29. The summed E-state index contributed by atoms with van der Waals surface area (Å²) in [5.74, 6) is -0.420. The summed E-state index contributed by atoms with van der Waals surface area (Å²) in [4.78, 5) is 22.2. The minimum atomic E-state index is -1.17. The van der Waals surface area contributed by atoms with Crippen molar-refractivity contribution in [3.63, 3.8) is 0 Å². The van der Waals surface area contributed by atoms with Gasteiger partial charge in [-0.15, -0.1) is 0 Å². The van der Waals surface area contributed by atoms with Gasteiger partial charge in [-0.05, 0) is 6.92 Å². The summed E-state index contributed by atoms with van der Waals surface area (Å²) in [5.41, 5.74) is -1.17. The molecule has 0 aromatic rings. The molecule has 0 spiro atoms. The number of halogens is 1. The molecule has 1 unspecified atom stereocenters. The molecule has 0 aromatic carbocycles. The van der Waals surface area contributed by atoms with Gasteiger partial charge in [0.25, 0.3) is 0 Å². The van der Waals surface area contributed by atoms with Gasteiger partial charge >= 0.3 is 0 Å². The van der Waals surface area contributed by atoms with Crippen LogP contribution < -0.4 is 0 Å². The van der Waals surface area contributed by atoms with Crippen LogP contribution in [0, 0.1) is 0 Å². The summed E-state index contributed by atoms with van der Waals surface area (Å²) in [7, 11) is 2.80. The fraction of sp³-hybridized carbons (Fsp3) is 0.556. The summed E-state index contributed by atoms with van der Waals surface area (Å²) in [6, 6.07) is 0. The van der Waals surface area contributed by atoms with Crippen LogP contribution in [0.1, 0.15) is 6.92 Å². The minimum Gasteiger partial charge on any atom is -0.497 e. The number of allylic oxidation sites excluding steroid dienone is 1. The molecule has 2 atom stereocenters. The van der Waals surface area contributed by atoms with E-state index in [4.69, 9.17) is 9.47 Å². The van der Waals surface area contributed by atoms with Crippen molar-refractivity contribution in [2.75, 3.05) is 14.2 Å². The molecule has 14 heavy (non-hydrogen) atoms. The van der Waals surface area contributed by atoms with Gasteiger partial charge < -0.3 is 9.47 Å². The van der Waals surface area contributed by atoms with E-state index < -0.39 is 10.4 Å². The highest BCUT2D eigenvalue weighted by Crippen LogP contribution is 2.30. The molecular weight excluding hydrogens is 252 g/mol. The van der Waals surface area contributed by atoms with Crippen molar-refractivity contribution in [2.24, 2.45) is 0 Å². The number of alkyl halides is 1. The first kappa shape index (κ1) is 11.4. The summed E-state index contributed by atoms with van der Waals surface area (Å²) >= 11 is 3.01. The Kier molecular flexibility index (Phi) is 3.11. The van der Waals surface area contributed by atoms with Gasteiger partial charge in [-0.2, -0.15) is 0 Å². The molecule has 0 radical (unpaired) electrons. The van der Waals surface area contributed by atoms with E-state index >= 15 is 0 Å². The molecule has 4 nitrogen and oxygen atoms in total. The van der Waals surface area contributed by atoms with Crippen molar-refractivity contribution in [1.82, 2.24) is 0 Å². The maximum Gasteiger partial charge on any atom is 0.193 e. The Hall–Kier alpha value is -0.680. The fourth-order valence-corrected chi connectivity index (χ4v) is 1.86. The second kappa shape index (κ2) is 3.82. The van der Waals surface area contributed by atoms with E-state index in [9.17, 15) is 9.59 Å². The maximum absolute atomic E-state index is 11.7. The average molecular weight is 263 g/mol. The van der Waals surface area contributed by atoms with Crippen LogP contribution in [-0.4, -0.2) is 36.2 Å². The lowest BCUT2D eigenvalue weighted by Crippen LogP contribution is -2.50. The van der Waals surface area contributed by atoms with Gasteiger partial charge in [-0.1, -0.05) is 15.9 Å². The number of rotatable bonds is 2. The van der Waals surface area contributed by atoms with Crippen LogP contribution in [0.5, 0.6) is 0 Å². The van der Waals surface area contributed by atoms with E-state index in [0.29, 0.717) is 0 Å². The Labute approximate surface area is 90.4 Å². The number of Topliss-reactive ketones (excluding diaryl/α,β-unsaturated/α-hetero) is 1. The van der Waals surface area contributed by atoms with Gasteiger partial charge in [0.05, 0.1) is 7.11 Å². The van der Waals surface area contributed by atoms with Gasteiger partial charge in [0.1, 0.15) is 10.6 Å². The third kappa shape index (κ3) is 1.50. The second-order valence-electron chi connectivity index (χ2n) is 3.08. The van der Waals surface area contributed by atoms with E-state index in [0.717, 1.165) is 0 Å². The first-order valence-corrected chi connectivity index (χ1v) is 4.92. The van der Waals surface area contributed by atoms with Crippen LogP contribution in [0.3, 0.4) is 0 Å². The molecular formula is C9H11BrO4. The van der Waals surface area contributed by atoms with Crippen LogP contribution >= 0.6 is 15.9 Å². The summed E-state index contributed by atoms with van der Waals surface area (Å²) in [5, 5.41) is 0. The number of methoxy groups -OCH3 is 2. The van der Waals surface area contributed by atoms with Gasteiger partial charge in [-0.25, -0.2) is 0 Å². The number of ether oxygens (including phenoxy) is 2. The van der Waals surface area contributed by atoms with Crippen molar-refractivity contribution >= 4 is 27.5 Å². The quantitative estimate of drug-likeness (QED) is 0.547. The zero-order chi connectivity index (χ0) is 10.9. The van der Waals surface area contributed by atoms with Gasteiger partial charge in [0.15, 0.2) is 17.2 Å². The number of carbonyl (C=O) groups excluding carboxylic acids is 2. The Morgan fingerprint density at radius 3 is 2.43 bits per heavy atom. The molecule has 0 fully saturated rings. The highest BCUT2D eigenvalue weighted by molar-refractivity contribution is 9.10. The number of hydrogen-bond donors (Lipinski definition) is 0. The lowest BCUT2D eigenvalue weighted by molar-refractivity contribution is -0.141. The van der Waals surface area contributed by atoms with Gasteiger partial charge in [-0.3, -0.25) is 9.59 Å². The van der Waals surface area contributed by atoms with E-state index in [1.165, 1.54) is 20.3 Å². The average Bonchev–Trinajstić information content (AvgIpc) is 2.20. The molecule has 0 aromatic heterocycles. The topological polar surface area (TPSA) is 52.6 Å². The summed E-state index contributed by atoms with van der Waals surface area (Å²) in [6.07, 6.45) is 1.28. The zero-order valence-electron chi connectivity index (χ0n) is 8.17. The van der Waals surface area contributed by atoms with E-state index in [1.54, 1.807) is 6.92 Å². The zero-order valence-corrected chi connectivity index (χ0v) is 9.75. The lowest BCUT2D eigenvalue weighted by Gasteiger charge is -2.32. The first-order chi connectivity index (χ1) is 6.47. The largest absolute Gasteiger partial charge is 0.497 e. The van der Waals surface area contributed by atoms with Crippen molar-refractivity contribution in [2.45, 2.75) is 17.4 Å². The maximum atomic E-state index is 11.7. The minimum absolute atomic E-state index is 0.241. The Balaban J connectivity index is 3.21. The van der Waals surface area contributed by atoms with Crippen molar-refractivity contribution < 1.29 is 19.1 Å². The standard InChI is InChI=1S/C9H11BrO4/c1-9(14-3)6(13-2)4-5(11)7(10)8(9)12/h4,7H,1-3H3/t7?,9-/m0/s1. The van der Waals surface area contributed by atoms with Crippen LogP contribution in [0.2, 0.25) is 0 Å². The van der Waals surface area contributed by atoms with Crippen molar-refractivity contribution in [3.8, 4) is 0 Å². The number of hydrogen-bond acceptors (Lipinski definition) is 4. The molecule has 78 valence electrons.